The normalized spacial score (nSPS) is 20.7. The molecular formula is C26H33F4N7O. The van der Waals surface area contributed by atoms with Gasteiger partial charge in [-0.25, -0.2) is 22.5 Å². The number of halogens is 4. The molecule has 38 heavy (non-hydrogen) atoms. The van der Waals surface area contributed by atoms with Crippen LogP contribution in [-0.4, -0.2) is 83.3 Å². The number of nitrogens with zero attached hydrogens (tertiary/aromatic N) is 6. The Morgan fingerprint density at radius 3 is 2.42 bits per heavy atom. The summed E-state index contributed by atoms with van der Waals surface area (Å²) in [6.45, 7) is 2.80. The molecule has 1 saturated heterocycles. The fourth-order valence-electron chi connectivity index (χ4n) is 5.39. The molecule has 1 aliphatic carbocycles. The van der Waals surface area contributed by atoms with Crippen molar-refractivity contribution in [2.75, 3.05) is 56.7 Å². The van der Waals surface area contributed by atoms with E-state index >= 15 is 0 Å². The number of hydrogen-bond donors (Lipinski definition) is 1. The lowest BCUT2D eigenvalue weighted by atomic mass is 9.85. The van der Waals surface area contributed by atoms with Crippen LogP contribution < -0.4 is 10.2 Å². The molecule has 0 radical (unpaired) electrons. The molecule has 3 aromatic rings. The van der Waals surface area contributed by atoms with Crippen LogP contribution in [-0.2, 0) is 4.74 Å². The number of fused-ring (bicyclic) bond motifs is 1. The summed E-state index contributed by atoms with van der Waals surface area (Å²) in [7, 11) is 1.76. The van der Waals surface area contributed by atoms with Crippen LogP contribution in [0.2, 0.25) is 0 Å². The Hall–Kier alpha value is -2.99. The third-order valence-corrected chi connectivity index (χ3v) is 7.46. The van der Waals surface area contributed by atoms with Crippen molar-refractivity contribution in [1.29, 1.82) is 0 Å². The van der Waals surface area contributed by atoms with Gasteiger partial charge < -0.3 is 15.0 Å². The number of morpholine rings is 1. The molecule has 2 aromatic heterocycles. The molecule has 0 spiro atoms. The molecule has 12 heteroatoms. The number of ether oxygens (including phenoxy) is 1. The average molecular weight is 536 g/mol. The van der Waals surface area contributed by atoms with E-state index < -0.39 is 12.9 Å². The number of alkyl halides is 4. The Morgan fingerprint density at radius 1 is 1.00 bits per heavy atom. The summed E-state index contributed by atoms with van der Waals surface area (Å²) in [5.41, 5.74) is 1.02. The van der Waals surface area contributed by atoms with E-state index in [0.29, 0.717) is 67.4 Å². The highest BCUT2D eigenvalue weighted by atomic mass is 19.3. The third-order valence-electron chi connectivity index (χ3n) is 7.46. The minimum Gasteiger partial charge on any atom is -0.378 e. The first-order chi connectivity index (χ1) is 18.4. The fraction of sp³-hybridized carbons (Fsp3) is 0.577. The summed E-state index contributed by atoms with van der Waals surface area (Å²) in [6, 6.07) is 8.89. The Kier molecular flexibility index (Phi) is 8.27. The molecule has 8 nitrogen and oxygen atoms in total. The first kappa shape index (κ1) is 26.6. The number of nitrogens with one attached hydrogen (secondary N) is 1. The minimum absolute atomic E-state index is 0.162. The predicted molar refractivity (Wildman–Crippen MR) is 138 cm³/mol. The van der Waals surface area contributed by atoms with Crippen LogP contribution in [0.5, 0.6) is 0 Å². The molecule has 0 amide bonds. The minimum atomic E-state index is -2.78. The smallest absolute Gasteiger partial charge is 0.296 e. The second-order valence-electron chi connectivity index (χ2n) is 9.99. The van der Waals surface area contributed by atoms with Gasteiger partial charge in [-0.15, -0.1) is 0 Å². The summed E-state index contributed by atoms with van der Waals surface area (Å²) < 4.78 is 60.5. The quantitative estimate of drug-likeness (QED) is 0.396. The van der Waals surface area contributed by atoms with Gasteiger partial charge in [0.15, 0.2) is 5.82 Å². The van der Waals surface area contributed by atoms with Gasteiger partial charge in [-0.2, -0.15) is 9.97 Å². The van der Waals surface area contributed by atoms with Crippen LogP contribution in [0, 0.1) is 5.92 Å². The zero-order valence-corrected chi connectivity index (χ0v) is 21.4. The van der Waals surface area contributed by atoms with Gasteiger partial charge in [0, 0.05) is 31.7 Å². The number of anilines is 2. The molecule has 0 unspecified atom stereocenters. The molecule has 0 bridgehead atoms. The second-order valence-corrected chi connectivity index (χ2v) is 9.99. The summed E-state index contributed by atoms with van der Waals surface area (Å²) in [4.78, 5) is 17.3. The molecule has 0 atom stereocenters. The largest absolute Gasteiger partial charge is 0.378 e. The maximum atomic E-state index is 14.0. The number of hydrogen-bond acceptors (Lipinski definition) is 7. The van der Waals surface area contributed by atoms with E-state index in [1.807, 2.05) is 0 Å². The van der Waals surface area contributed by atoms with E-state index in [9.17, 15) is 17.6 Å². The van der Waals surface area contributed by atoms with Crippen molar-refractivity contribution >= 4 is 22.8 Å². The van der Waals surface area contributed by atoms with Gasteiger partial charge in [-0.05, 0) is 50.8 Å². The summed E-state index contributed by atoms with van der Waals surface area (Å²) >= 11 is 0. The van der Waals surface area contributed by atoms with Crippen LogP contribution >= 0.6 is 0 Å². The molecule has 1 aromatic carbocycles. The number of imidazole rings is 1. The maximum absolute atomic E-state index is 14.0. The van der Waals surface area contributed by atoms with Gasteiger partial charge >= 0.3 is 0 Å². The Balaban J connectivity index is 1.38. The van der Waals surface area contributed by atoms with Crippen molar-refractivity contribution in [2.45, 2.75) is 44.6 Å². The first-order valence-electron chi connectivity index (χ1n) is 13.1. The SMILES string of the molecule is CN(CC(F)F)[C@H]1CC[C@H](CNc2nc(N3CCOCC3)cc(-n3c(C(F)F)nc4ccccc43)n2)CC1. The van der Waals surface area contributed by atoms with E-state index in [1.54, 1.807) is 42.3 Å². The maximum Gasteiger partial charge on any atom is 0.296 e. The van der Waals surface area contributed by atoms with Crippen LogP contribution in [0.3, 0.4) is 0 Å². The van der Waals surface area contributed by atoms with E-state index in [0.717, 1.165) is 25.7 Å². The van der Waals surface area contributed by atoms with Gasteiger partial charge in [0.2, 0.25) is 5.95 Å². The Morgan fingerprint density at radius 2 is 1.71 bits per heavy atom. The predicted octanol–water partition coefficient (Wildman–Crippen LogP) is 4.76. The summed E-state index contributed by atoms with van der Waals surface area (Å²) in [5, 5.41) is 3.33. The van der Waals surface area contributed by atoms with E-state index in [2.05, 4.69) is 20.2 Å². The molecule has 2 fully saturated rings. The Labute approximate surface area is 219 Å². The average Bonchev–Trinajstić information content (AvgIpc) is 3.32. The zero-order chi connectivity index (χ0) is 26.6. The lowest BCUT2D eigenvalue weighted by Gasteiger charge is -2.34. The van der Waals surface area contributed by atoms with Gasteiger partial charge in [-0.1, -0.05) is 12.1 Å². The topological polar surface area (TPSA) is 71.3 Å². The van der Waals surface area contributed by atoms with Gasteiger partial charge in [-0.3, -0.25) is 9.47 Å². The molecule has 2 aliphatic rings. The molecular weight excluding hydrogens is 502 g/mol. The number of rotatable bonds is 9. The molecule has 1 saturated carbocycles. The molecule has 206 valence electrons. The highest BCUT2D eigenvalue weighted by molar-refractivity contribution is 5.78. The monoisotopic (exact) mass is 535 g/mol. The number of aromatic nitrogens is 4. The molecule has 1 aliphatic heterocycles. The van der Waals surface area contributed by atoms with Gasteiger partial charge in [0.05, 0.1) is 30.8 Å². The van der Waals surface area contributed by atoms with Crippen molar-refractivity contribution in [1.82, 2.24) is 24.4 Å². The number of benzene rings is 1. The van der Waals surface area contributed by atoms with Crippen LogP contribution in [0.25, 0.3) is 16.9 Å². The standard InChI is InChI=1S/C26H33F4N7O/c1-35(16-21(27)28)18-8-6-17(7-9-18)15-31-26-33-22(36-10-12-38-13-11-36)14-23(34-26)37-20-5-3-2-4-19(20)32-25(37)24(29)30/h2-5,14,17-18,21,24H,6-13,15-16H2,1H3,(H,31,33,34)/t17-,18-. The van der Waals surface area contributed by atoms with Crippen LogP contribution in [0.1, 0.15) is 37.9 Å². The van der Waals surface area contributed by atoms with E-state index in [1.165, 1.54) is 4.57 Å². The lowest BCUT2D eigenvalue weighted by molar-refractivity contribution is 0.0660. The van der Waals surface area contributed by atoms with E-state index in [4.69, 9.17) is 9.72 Å². The van der Waals surface area contributed by atoms with E-state index in [-0.39, 0.29) is 18.4 Å². The molecule has 1 N–H and O–H groups in total. The van der Waals surface area contributed by atoms with Crippen molar-refractivity contribution in [2.24, 2.45) is 5.92 Å². The fourth-order valence-corrected chi connectivity index (χ4v) is 5.39. The number of para-hydroxylation sites is 2. The molecule has 5 rings (SSSR count). The highest BCUT2D eigenvalue weighted by Crippen LogP contribution is 2.30. The van der Waals surface area contributed by atoms with Crippen molar-refractivity contribution in [3.8, 4) is 5.82 Å². The summed E-state index contributed by atoms with van der Waals surface area (Å²) in [5.74, 6) is 1.30. The van der Waals surface area contributed by atoms with Gasteiger partial charge in [0.1, 0.15) is 11.6 Å². The van der Waals surface area contributed by atoms with Crippen molar-refractivity contribution < 1.29 is 22.3 Å². The van der Waals surface area contributed by atoms with Crippen molar-refractivity contribution in [3.05, 3.63) is 36.2 Å². The summed E-state index contributed by atoms with van der Waals surface area (Å²) in [6.07, 6.45) is -1.59. The highest BCUT2D eigenvalue weighted by Gasteiger charge is 2.26. The zero-order valence-electron chi connectivity index (χ0n) is 21.4. The second kappa shape index (κ2) is 11.8. The third kappa shape index (κ3) is 6.01. The van der Waals surface area contributed by atoms with Crippen LogP contribution in [0.15, 0.2) is 30.3 Å². The Bertz CT molecular complexity index is 1210. The lowest BCUT2D eigenvalue weighted by Crippen LogP contribution is -2.39. The van der Waals surface area contributed by atoms with Crippen molar-refractivity contribution in [3.63, 3.8) is 0 Å². The first-order valence-corrected chi connectivity index (χ1v) is 13.1. The van der Waals surface area contributed by atoms with Gasteiger partial charge in [0.25, 0.3) is 12.9 Å². The van der Waals surface area contributed by atoms with Crippen LogP contribution in [0.4, 0.5) is 29.3 Å². The molecule has 3 heterocycles.